The van der Waals surface area contributed by atoms with Crippen LogP contribution in [-0.2, 0) is 21.5 Å². The van der Waals surface area contributed by atoms with Crippen LogP contribution < -0.4 is 0 Å². The molecule has 0 saturated heterocycles. The Balaban J connectivity index is 1.93. The number of hydrogen-bond donors (Lipinski definition) is 0. The van der Waals surface area contributed by atoms with Crippen molar-refractivity contribution in [3.63, 3.8) is 0 Å². The highest BCUT2D eigenvalue weighted by atomic mass is 32.2. The summed E-state index contributed by atoms with van der Waals surface area (Å²) >= 11 is 0. The maximum Gasteiger partial charge on any atom is 0.345 e. The number of benzene rings is 2. The Morgan fingerprint density at radius 2 is 1.74 bits per heavy atom. The van der Waals surface area contributed by atoms with Crippen molar-refractivity contribution < 1.29 is 17.6 Å². The fourth-order valence-electron chi connectivity index (χ4n) is 2.63. The van der Waals surface area contributed by atoms with Gasteiger partial charge in [-0.25, -0.2) is 8.70 Å². The standard InChI is InChI=1S/C19H18FN3O3S/c1-22(13-14-6-4-3-5-7-14)19(24)18-12-17(21-27(25,26)23(18)2)15-8-10-16(20)11-9-15/h3-12H,13H2,1-2H3. The van der Waals surface area contributed by atoms with Crippen LogP contribution >= 0.6 is 0 Å². The molecule has 6 nitrogen and oxygen atoms in total. The van der Waals surface area contributed by atoms with Gasteiger partial charge in [0.05, 0.1) is 5.71 Å². The molecule has 2 aromatic carbocycles. The summed E-state index contributed by atoms with van der Waals surface area (Å²) in [6, 6.07) is 14.6. The van der Waals surface area contributed by atoms with Gasteiger partial charge in [-0.2, -0.15) is 8.42 Å². The fourth-order valence-corrected chi connectivity index (χ4v) is 3.54. The van der Waals surface area contributed by atoms with Crippen LogP contribution in [0.5, 0.6) is 0 Å². The summed E-state index contributed by atoms with van der Waals surface area (Å²) in [5, 5.41) is 0. The fraction of sp³-hybridized carbons (Fsp3) is 0.158. The Morgan fingerprint density at radius 1 is 1.11 bits per heavy atom. The molecule has 0 fully saturated rings. The zero-order valence-corrected chi connectivity index (χ0v) is 15.6. The third-order valence-electron chi connectivity index (χ3n) is 4.14. The van der Waals surface area contributed by atoms with E-state index in [9.17, 15) is 17.6 Å². The summed E-state index contributed by atoms with van der Waals surface area (Å²) in [4.78, 5) is 14.3. The van der Waals surface area contributed by atoms with Gasteiger partial charge in [-0.05, 0) is 35.9 Å². The van der Waals surface area contributed by atoms with Gasteiger partial charge in [0, 0.05) is 26.2 Å². The second-order valence-corrected chi connectivity index (χ2v) is 7.73. The summed E-state index contributed by atoms with van der Waals surface area (Å²) in [5.74, 6) is -0.905. The molecule has 1 heterocycles. The van der Waals surface area contributed by atoms with Gasteiger partial charge in [0.15, 0.2) is 0 Å². The lowest BCUT2D eigenvalue weighted by Crippen LogP contribution is -2.39. The lowest BCUT2D eigenvalue weighted by Gasteiger charge is -2.27. The predicted molar refractivity (Wildman–Crippen MR) is 101 cm³/mol. The van der Waals surface area contributed by atoms with E-state index in [4.69, 9.17) is 0 Å². The minimum absolute atomic E-state index is 0.0252. The van der Waals surface area contributed by atoms with Crippen LogP contribution in [0.4, 0.5) is 4.39 Å². The second kappa shape index (κ2) is 7.32. The molecular weight excluding hydrogens is 369 g/mol. The van der Waals surface area contributed by atoms with Gasteiger partial charge < -0.3 is 4.90 Å². The lowest BCUT2D eigenvalue weighted by molar-refractivity contribution is -0.127. The average molecular weight is 387 g/mol. The molecule has 140 valence electrons. The van der Waals surface area contributed by atoms with Crippen molar-refractivity contribution in [3.8, 4) is 0 Å². The first-order valence-corrected chi connectivity index (χ1v) is 9.53. The number of hydrogen-bond acceptors (Lipinski definition) is 3. The van der Waals surface area contributed by atoms with E-state index in [1.54, 1.807) is 7.05 Å². The van der Waals surface area contributed by atoms with Gasteiger partial charge in [0.25, 0.3) is 5.91 Å². The van der Waals surface area contributed by atoms with Crippen LogP contribution in [0.25, 0.3) is 0 Å². The molecule has 0 atom stereocenters. The maximum atomic E-state index is 13.1. The minimum Gasteiger partial charge on any atom is -0.336 e. The van der Waals surface area contributed by atoms with Crippen molar-refractivity contribution in [1.29, 1.82) is 0 Å². The normalized spacial score (nSPS) is 15.7. The predicted octanol–water partition coefficient (Wildman–Crippen LogP) is 2.35. The van der Waals surface area contributed by atoms with E-state index < -0.39 is 21.9 Å². The molecule has 0 aliphatic carbocycles. The first kappa shape index (κ1) is 18.8. The number of rotatable bonds is 4. The van der Waals surface area contributed by atoms with E-state index in [-0.39, 0.29) is 11.4 Å². The molecule has 0 radical (unpaired) electrons. The Labute approximate surface area is 157 Å². The van der Waals surface area contributed by atoms with Crippen molar-refractivity contribution in [1.82, 2.24) is 9.21 Å². The van der Waals surface area contributed by atoms with E-state index in [1.807, 2.05) is 30.3 Å². The minimum atomic E-state index is -4.06. The lowest BCUT2D eigenvalue weighted by atomic mass is 10.1. The molecule has 8 heteroatoms. The molecule has 0 N–H and O–H groups in total. The number of allylic oxidation sites excluding steroid dienone is 1. The molecule has 27 heavy (non-hydrogen) atoms. The van der Waals surface area contributed by atoms with Gasteiger partial charge in [-0.1, -0.05) is 30.3 Å². The highest BCUT2D eigenvalue weighted by molar-refractivity contribution is 7.88. The van der Waals surface area contributed by atoms with Gasteiger partial charge in [-0.3, -0.25) is 4.79 Å². The van der Waals surface area contributed by atoms with E-state index in [0.717, 1.165) is 9.87 Å². The SMILES string of the molecule is CN(Cc1ccccc1)C(=O)C1=CC(c2ccc(F)cc2)=NS(=O)(=O)N1C. The maximum absolute atomic E-state index is 13.1. The highest BCUT2D eigenvalue weighted by Crippen LogP contribution is 2.21. The number of halogens is 1. The Kier molecular flexibility index (Phi) is 5.09. The highest BCUT2D eigenvalue weighted by Gasteiger charge is 2.31. The largest absolute Gasteiger partial charge is 0.345 e. The summed E-state index contributed by atoms with van der Waals surface area (Å²) < 4.78 is 42.5. The zero-order valence-electron chi connectivity index (χ0n) is 14.8. The van der Waals surface area contributed by atoms with Gasteiger partial charge in [0.2, 0.25) is 0 Å². The molecule has 0 unspecified atom stereocenters. The first-order chi connectivity index (χ1) is 12.8. The topological polar surface area (TPSA) is 70.0 Å². The molecular formula is C19H18FN3O3S. The van der Waals surface area contributed by atoms with Crippen LogP contribution in [0, 0.1) is 5.82 Å². The van der Waals surface area contributed by atoms with Gasteiger partial charge >= 0.3 is 10.2 Å². The summed E-state index contributed by atoms with van der Waals surface area (Å²) in [7, 11) is -1.18. The number of likely N-dealkylation sites (N-methyl/N-ethyl adjacent to an activating group) is 2. The van der Waals surface area contributed by atoms with Crippen LogP contribution in [-0.4, -0.2) is 43.3 Å². The third-order valence-corrected chi connectivity index (χ3v) is 5.46. The van der Waals surface area contributed by atoms with Gasteiger partial charge in [0.1, 0.15) is 11.5 Å². The van der Waals surface area contributed by atoms with Crippen molar-refractivity contribution in [2.45, 2.75) is 6.54 Å². The van der Waals surface area contributed by atoms with Crippen molar-refractivity contribution in [2.75, 3.05) is 14.1 Å². The van der Waals surface area contributed by atoms with Crippen LogP contribution in [0.3, 0.4) is 0 Å². The van der Waals surface area contributed by atoms with Crippen molar-refractivity contribution >= 4 is 21.8 Å². The van der Waals surface area contributed by atoms with Crippen LogP contribution in [0.15, 0.2) is 70.8 Å². The number of amides is 1. The van der Waals surface area contributed by atoms with Crippen LogP contribution in [0.1, 0.15) is 11.1 Å². The third kappa shape index (κ3) is 4.06. The van der Waals surface area contributed by atoms with Gasteiger partial charge in [-0.15, -0.1) is 4.40 Å². The smallest absolute Gasteiger partial charge is 0.336 e. The van der Waals surface area contributed by atoms with Crippen molar-refractivity contribution in [2.24, 2.45) is 4.40 Å². The molecule has 0 aromatic heterocycles. The molecule has 0 saturated carbocycles. The summed E-state index contributed by atoms with van der Waals surface area (Å²) in [6.45, 7) is 0.327. The Bertz CT molecular complexity index is 1020. The number of nitrogens with zero attached hydrogens (tertiary/aromatic N) is 3. The monoisotopic (exact) mass is 387 g/mol. The Morgan fingerprint density at radius 3 is 2.37 bits per heavy atom. The average Bonchev–Trinajstić information content (AvgIpc) is 2.64. The molecule has 0 spiro atoms. The second-order valence-electron chi connectivity index (χ2n) is 6.11. The molecule has 2 aromatic rings. The van der Waals surface area contributed by atoms with E-state index in [1.165, 1.54) is 42.3 Å². The summed E-state index contributed by atoms with van der Waals surface area (Å²) in [5.41, 5.74) is 1.39. The molecule has 1 aliphatic heterocycles. The number of carbonyl (C=O) groups is 1. The quantitative estimate of drug-likeness (QED) is 0.809. The van der Waals surface area contributed by atoms with E-state index in [0.29, 0.717) is 12.1 Å². The molecule has 3 rings (SSSR count). The van der Waals surface area contributed by atoms with E-state index in [2.05, 4.69) is 4.40 Å². The van der Waals surface area contributed by atoms with Crippen molar-refractivity contribution in [3.05, 3.63) is 83.3 Å². The number of carbonyl (C=O) groups excluding carboxylic acids is 1. The molecule has 0 bridgehead atoms. The molecule has 1 aliphatic rings. The summed E-state index contributed by atoms with van der Waals surface area (Å²) in [6.07, 6.45) is 1.40. The molecule has 1 amide bonds. The Hall–Kier alpha value is -3.00. The zero-order chi connectivity index (χ0) is 19.6. The van der Waals surface area contributed by atoms with Crippen LogP contribution in [0.2, 0.25) is 0 Å². The van der Waals surface area contributed by atoms with E-state index >= 15 is 0 Å². The first-order valence-electron chi connectivity index (χ1n) is 8.14.